The number of nitrogens with one attached hydrogen (secondary N) is 1. The number of carbonyl (C=O) groups excluding carboxylic acids is 1. The molecule has 0 aliphatic heterocycles. The molecule has 0 aromatic heterocycles. The molecule has 7 nitrogen and oxygen atoms in total. The second-order valence-corrected chi connectivity index (χ2v) is 8.06. The van der Waals surface area contributed by atoms with Crippen molar-refractivity contribution in [1.29, 1.82) is 0 Å². The number of nitrogens with zero attached hydrogens (tertiary/aromatic N) is 2. The number of rotatable bonds is 5. The first-order valence-electron chi connectivity index (χ1n) is 9.07. The topological polar surface area (TPSA) is 105 Å². The maximum atomic E-state index is 12.3. The fraction of sp³-hybridized carbons (Fsp3) is 0.333. The minimum absolute atomic E-state index is 0.0889. The smallest absolute Gasteiger partial charge is 0.270 e. The van der Waals surface area contributed by atoms with E-state index >= 15 is 0 Å². The minimum atomic E-state index is -0.560. The Labute approximate surface area is 163 Å². The number of amides is 1. The zero-order chi connectivity index (χ0) is 20.5. The van der Waals surface area contributed by atoms with Gasteiger partial charge in [0.1, 0.15) is 5.75 Å². The van der Waals surface area contributed by atoms with Crippen molar-refractivity contribution >= 4 is 17.8 Å². The zero-order valence-electron chi connectivity index (χ0n) is 16.0. The minimum Gasteiger partial charge on any atom is -0.507 e. The van der Waals surface area contributed by atoms with Gasteiger partial charge in [-0.1, -0.05) is 45.0 Å². The summed E-state index contributed by atoms with van der Waals surface area (Å²) in [7, 11) is 0. The van der Waals surface area contributed by atoms with Crippen LogP contribution >= 0.6 is 0 Å². The van der Waals surface area contributed by atoms with Gasteiger partial charge in [0, 0.05) is 23.6 Å². The summed E-state index contributed by atoms with van der Waals surface area (Å²) in [5, 5.41) is 24.4. The molecule has 0 bridgehead atoms. The van der Waals surface area contributed by atoms with Crippen molar-refractivity contribution in [1.82, 2.24) is 5.43 Å². The lowest BCUT2D eigenvalue weighted by molar-refractivity contribution is -0.384. The Morgan fingerprint density at radius 1 is 1.25 bits per heavy atom. The first-order chi connectivity index (χ1) is 13.2. The lowest BCUT2D eigenvalue weighted by Gasteiger charge is -2.19. The number of non-ortho nitro benzene ring substituents is 1. The van der Waals surface area contributed by atoms with Gasteiger partial charge in [0.25, 0.3) is 5.69 Å². The molecule has 7 heteroatoms. The average Bonchev–Trinajstić information content (AvgIpc) is 3.43. The van der Waals surface area contributed by atoms with Gasteiger partial charge in [-0.05, 0) is 34.9 Å². The molecule has 0 heterocycles. The standard InChI is InChI=1S/C21H23N3O4/c1-21(2,3)15-6-4-13(5-7-15)17-11-18(17)20(26)23-22-12-14-10-16(24(27)28)8-9-19(14)25/h4-10,12,17-18,25H,11H2,1-3H3,(H,23,26)/b22-12-/t17-,18-/m0/s1. The van der Waals surface area contributed by atoms with E-state index in [1.807, 2.05) is 0 Å². The van der Waals surface area contributed by atoms with Crippen molar-refractivity contribution in [3.8, 4) is 5.75 Å². The van der Waals surface area contributed by atoms with Crippen molar-refractivity contribution in [3.05, 3.63) is 69.3 Å². The highest BCUT2D eigenvalue weighted by molar-refractivity contribution is 5.87. The molecular formula is C21H23N3O4. The Morgan fingerprint density at radius 2 is 1.93 bits per heavy atom. The highest BCUT2D eigenvalue weighted by Gasteiger charge is 2.44. The van der Waals surface area contributed by atoms with E-state index in [-0.39, 0.29) is 40.2 Å². The molecule has 2 N–H and O–H groups in total. The van der Waals surface area contributed by atoms with E-state index in [9.17, 15) is 20.0 Å². The van der Waals surface area contributed by atoms with E-state index in [4.69, 9.17) is 0 Å². The third-order valence-corrected chi connectivity index (χ3v) is 4.93. The van der Waals surface area contributed by atoms with E-state index in [0.29, 0.717) is 0 Å². The molecule has 2 aromatic carbocycles. The molecule has 2 aromatic rings. The van der Waals surface area contributed by atoms with Crippen LogP contribution in [0.2, 0.25) is 0 Å². The van der Waals surface area contributed by atoms with Gasteiger partial charge in [0.05, 0.1) is 11.1 Å². The van der Waals surface area contributed by atoms with E-state index in [1.54, 1.807) is 0 Å². The number of carbonyl (C=O) groups is 1. The molecule has 0 saturated heterocycles. The first kappa shape index (κ1) is 19.5. The molecule has 2 atom stereocenters. The quantitative estimate of drug-likeness (QED) is 0.466. The van der Waals surface area contributed by atoms with E-state index in [1.165, 1.54) is 30.0 Å². The summed E-state index contributed by atoms with van der Waals surface area (Å²) in [6, 6.07) is 12.0. The Balaban J connectivity index is 1.59. The number of phenolic OH excluding ortho intramolecular Hbond substituents is 1. The summed E-state index contributed by atoms with van der Waals surface area (Å²) in [6.07, 6.45) is 1.97. The first-order valence-corrected chi connectivity index (χ1v) is 9.07. The Bertz CT molecular complexity index is 930. The van der Waals surface area contributed by atoms with Gasteiger partial charge in [0.2, 0.25) is 5.91 Å². The molecule has 0 unspecified atom stereocenters. The van der Waals surface area contributed by atoms with Gasteiger partial charge in [-0.3, -0.25) is 14.9 Å². The lowest BCUT2D eigenvalue weighted by Crippen LogP contribution is -2.20. The normalized spacial score (nSPS) is 18.8. The number of hydrazone groups is 1. The molecule has 1 aliphatic rings. The number of hydrogen-bond acceptors (Lipinski definition) is 5. The van der Waals surface area contributed by atoms with Crippen LogP contribution in [-0.2, 0) is 10.2 Å². The highest BCUT2D eigenvalue weighted by Crippen LogP contribution is 2.47. The second kappa shape index (κ2) is 7.42. The van der Waals surface area contributed by atoms with Crippen molar-refractivity contribution in [2.45, 2.75) is 38.5 Å². The van der Waals surface area contributed by atoms with Gasteiger partial charge in [-0.25, -0.2) is 5.43 Å². The monoisotopic (exact) mass is 381 g/mol. The van der Waals surface area contributed by atoms with Crippen LogP contribution in [0.15, 0.2) is 47.6 Å². The fourth-order valence-corrected chi connectivity index (χ4v) is 3.09. The number of phenols is 1. The van der Waals surface area contributed by atoms with E-state index in [0.717, 1.165) is 12.0 Å². The van der Waals surface area contributed by atoms with Gasteiger partial charge in [-0.2, -0.15) is 5.10 Å². The summed E-state index contributed by atoms with van der Waals surface area (Å²) >= 11 is 0. The van der Waals surface area contributed by atoms with E-state index < -0.39 is 4.92 Å². The molecule has 0 radical (unpaired) electrons. The summed E-state index contributed by atoms with van der Waals surface area (Å²) in [5.74, 6) is -0.315. The fourth-order valence-electron chi connectivity index (χ4n) is 3.09. The molecule has 0 spiro atoms. The van der Waals surface area contributed by atoms with Crippen LogP contribution < -0.4 is 5.43 Å². The number of nitro groups is 1. The molecule has 28 heavy (non-hydrogen) atoms. The maximum Gasteiger partial charge on any atom is 0.270 e. The van der Waals surface area contributed by atoms with Crippen LogP contribution in [0.1, 0.15) is 49.8 Å². The summed E-state index contributed by atoms with van der Waals surface area (Å²) < 4.78 is 0. The molecule has 1 aliphatic carbocycles. The SMILES string of the molecule is CC(C)(C)c1ccc([C@@H]2C[C@@H]2C(=O)N/N=C\c2cc([N+](=O)[O-])ccc2O)cc1. The summed E-state index contributed by atoms with van der Waals surface area (Å²) in [6.45, 7) is 6.48. The van der Waals surface area contributed by atoms with Crippen molar-refractivity contribution in [2.24, 2.45) is 11.0 Å². The van der Waals surface area contributed by atoms with Crippen molar-refractivity contribution in [2.75, 3.05) is 0 Å². The number of aromatic hydroxyl groups is 1. The van der Waals surface area contributed by atoms with Gasteiger partial charge >= 0.3 is 0 Å². The molecule has 3 rings (SSSR count). The largest absolute Gasteiger partial charge is 0.507 e. The number of hydrogen-bond donors (Lipinski definition) is 2. The molecule has 1 fully saturated rings. The highest BCUT2D eigenvalue weighted by atomic mass is 16.6. The Morgan fingerprint density at radius 3 is 2.54 bits per heavy atom. The van der Waals surface area contributed by atoms with E-state index in [2.05, 4.69) is 55.6 Å². The molecular weight excluding hydrogens is 358 g/mol. The van der Waals surface area contributed by atoms with Crippen LogP contribution in [0.3, 0.4) is 0 Å². The van der Waals surface area contributed by atoms with Crippen LogP contribution in [-0.4, -0.2) is 22.2 Å². The third-order valence-electron chi connectivity index (χ3n) is 4.93. The molecule has 1 amide bonds. The van der Waals surface area contributed by atoms with Gasteiger partial charge in [-0.15, -0.1) is 0 Å². The Hall–Kier alpha value is -3.22. The Kier molecular flexibility index (Phi) is 5.18. The van der Waals surface area contributed by atoms with Crippen molar-refractivity contribution in [3.63, 3.8) is 0 Å². The average molecular weight is 381 g/mol. The number of nitro benzene ring substituents is 1. The maximum absolute atomic E-state index is 12.3. The van der Waals surface area contributed by atoms with Crippen molar-refractivity contribution < 1.29 is 14.8 Å². The number of benzene rings is 2. The van der Waals surface area contributed by atoms with Crippen LogP contribution in [0.4, 0.5) is 5.69 Å². The predicted molar refractivity (Wildman–Crippen MR) is 106 cm³/mol. The summed E-state index contributed by atoms with van der Waals surface area (Å²) in [4.78, 5) is 22.5. The third kappa shape index (κ3) is 4.36. The lowest BCUT2D eigenvalue weighted by atomic mass is 9.86. The van der Waals surface area contributed by atoms with Gasteiger partial charge in [0.15, 0.2) is 0 Å². The van der Waals surface area contributed by atoms with Crippen LogP contribution in [0, 0.1) is 16.0 Å². The van der Waals surface area contributed by atoms with Crippen LogP contribution in [0.25, 0.3) is 0 Å². The second-order valence-electron chi connectivity index (χ2n) is 8.06. The molecule has 1 saturated carbocycles. The summed E-state index contributed by atoms with van der Waals surface area (Å²) in [5.41, 5.74) is 4.93. The zero-order valence-corrected chi connectivity index (χ0v) is 16.0. The molecule has 146 valence electrons. The van der Waals surface area contributed by atoms with Crippen LogP contribution in [0.5, 0.6) is 5.75 Å². The predicted octanol–water partition coefficient (Wildman–Crippen LogP) is 3.85. The van der Waals surface area contributed by atoms with Gasteiger partial charge < -0.3 is 5.11 Å².